The van der Waals surface area contributed by atoms with Gasteiger partial charge in [0.05, 0.1) is 0 Å². The van der Waals surface area contributed by atoms with E-state index >= 15 is 0 Å². The van der Waals surface area contributed by atoms with Crippen molar-refractivity contribution in [1.82, 2.24) is 25.1 Å². The largest absolute Gasteiger partial charge is 0.341 e. The lowest BCUT2D eigenvalue weighted by Crippen LogP contribution is -2.54. The maximum atomic E-state index is 13.5. The molecule has 7 nitrogen and oxygen atoms in total. The predicted molar refractivity (Wildman–Crippen MR) is 128 cm³/mol. The van der Waals surface area contributed by atoms with E-state index in [9.17, 15) is 9.59 Å². The number of aryl methyl sites for hydroxylation is 1. The Morgan fingerprint density at radius 2 is 1.94 bits per heavy atom. The number of amides is 2. The summed E-state index contributed by atoms with van der Waals surface area (Å²) in [6.45, 7) is 9.36. The van der Waals surface area contributed by atoms with E-state index in [1.165, 1.54) is 5.56 Å². The van der Waals surface area contributed by atoms with Gasteiger partial charge in [-0.25, -0.2) is 0 Å². The summed E-state index contributed by atoms with van der Waals surface area (Å²) in [5, 5.41) is 2.95. The predicted octanol–water partition coefficient (Wildman–Crippen LogP) is 2.88. The van der Waals surface area contributed by atoms with Crippen LogP contribution in [0.1, 0.15) is 54.2 Å². The van der Waals surface area contributed by atoms with Crippen molar-refractivity contribution in [3.63, 3.8) is 0 Å². The van der Waals surface area contributed by atoms with Gasteiger partial charge >= 0.3 is 0 Å². The summed E-state index contributed by atoms with van der Waals surface area (Å²) in [4.78, 5) is 39.1. The summed E-state index contributed by atoms with van der Waals surface area (Å²) < 4.78 is 0. The van der Waals surface area contributed by atoms with Gasteiger partial charge in [0.25, 0.3) is 5.91 Å². The Bertz CT molecular complexity index is 985. The van der Waals surface area contributed by atoms with Gasteiger partial charge in [-0.05, 0) is 67.5 Å². The fourth-order valence-electron chi connectivity index (χ4n) is 5.52. The fraction of sp³-hybridized carbons (Fsp3) is 0.538. The third-order valence-corrected chi connectivity index (χ3v) is 7.34. The van der Waals surface area contributed by atoms with Gasteiger partial charge < -0.3 is 15.1 Å². The SMILES string of the molecule is Cc1ccnc(C(=O)N[C@@H](C(=O)N2CCC3(CC2)CN(C)CC3c2cccnc2)C(C)C)c1. The molecule has 2 saturated heterocycles. The normalized spacial score (nSPS) is 21.4. The number of aromatic nitrogens is 2. The van der Waals surface area contributed by atoms with Gasteiger partial charge in [-0.3, -0.25) is 19.6 Å². The van der Waals surface area contributed by atoms with Crippen LogP contribution >= 0.6 is 0 Å². The highest BCUT2D eigenvalue weighted by molar-refractivity contribution is 5.96. The Hall–Kier alpha value is -2.80. The number of piperidine rings is 1. The van der Waals surface area contributed by atoms with E-state index in [0.29, 0.717) is 24.7 Å². The summed E-state index contributed by atoms with van der Waals surface area (Å²) in [5.41, 5.74) is 2.77. The smallest absolute Gasteiger partial charge is 0.270 e. The molecule has 1 spiro atoms. The number of carbonyl (C=O) groups is 2. The Morgan fingerprint density at radius 1 is 1.18 bits per heavy atom. The molecule has 7 heteroatoms. The number of nitrogens with one attached hydrogen (secondary N) is 1. The van der Waals surface area contributed by atoms with Crippen molar-refractivity contribution in [2.45, 2.75) is 45.6 Å². The first-order valence-corrected chi connectivity index (χ1v) is 11.9. The van der Waals surface area contributed by atoms with Crippen molar-refractivity contribution in [3.05, 3.63) is 59.7 Å². The second-order valence-electron chi connectivity index (χ2n) is 10.1. The third-order valence-electron chi connectivity index (χ3n) is 7.34. The Morgan fingerprint density at radius 3 is 2.58 bits per heavy atom. The number of likely N-dealkylation sites (tertiary alicyclic amines) is 2. The van der Waals surface area contributed by atoms with E-state index in [0.717, 1.165) is 31.5 Å². The number of hydrogen-bond acceptors (Lipinski definition) is 5. The monoisotopic (exact) mass is 449 g/mol. The molecule has 0 bridgehead atoms. The van der Waals surface area contributed by atoms with Gasteiger partial charge in [0.15, 0.2) is 0 Å². The quantitative estimate of drug-likeness (QED) is 0.759. The molecule has 1 N–H and O–H groups in total. The average molecular weight is 450 g/mol. The van der Waals surface area contributed by atoms with Crippen LogP contribution in [0.4, 0.5) is 0 Å². The van der Waals surface area contributed by atoms with Crippen LogP contribution in [0.15, 0.2) is 42.9 Å². The molecule has 0 radical (unpaired) electrons. The molecule has 4 rings (SSSR count). The van der Waals surface area contributed by atoms with Gasteiger partial charge in [0.1, 0.15) is 11.7 Å². The van der Waals surface area contributed by atoms with Crippen LogP contribution in [0.2, 0.25) is 0 Å². The molecule has 2 aromatic heterocycles. The molecule has 2 atom stereocenters. The maximum absolute atomic E-state index is 13.5. The fourth-order valence-corrected chi connectivity index (χ4v) is 5.52. The Balaban J connectivity index is 1.44. The van der Waals surface area contributed by atoms with Crippen molar-refractivity contribution in [2.24, 2.45) is 11.3 Å². The van der Waals surface area contributed by atoms with Gasteiger partial charge in [-0.15, -0.1) is 0 Å². The molecule has 176 valence electrons. The zero-order valence-corrected chi connectivity index (χ0v) is 20.1. The minimum absolute atomic E-state index is 0.00475. The van der Waals surface area contributed by atoms with Crippen molar-refractivity contribution in [2.75, 3.05) is 33.2 Å². The zero-order chi connectivity index (χ0) is 23.6. The summed E-state index contributed by atoms with van der Waals surface area (Å²) in [5.74, 6) is 0.128. The standard InChI is InChI=1S/C26H35N5O2/c1-18(2)23(29-24(32)22-14-19(3)7-11-28-22)25(33)31-12-8-26(9-13-31)17-30(4)16-21(26)20-6-5-10-27-15-20/h5-7,10-11,14-15,18,21,23H,8-9,12-13,16-17H2,1-4H3,(H,29,32)/t21?,23-/m1/s1. The highest BCUT2D eigenvalue weighted by atomic mass is 16.2. The van der Waals surface area contributed by atoms with Crippen molar-refractivity contribution in [3.8, 4) is 0 Å². The molecule has 2 aromatic rings. The molecule has 4 heterocycles. The molecule has 33 heavy (non-hydrogen) atoms. The summed E-state index contributed by atoms with van der Waals surface area (Å²) in [7, 11) is 2.18. The zero-order valence-electron chi connectivity index (χ0n) is 20.1. The number of carbonyl (C=O) groups excluding carboxylic acids is 2. The maximum Gasteiger partial charge on any atom is 0.270 e. The first-order chi connectivity index (χ1) is 15.8. The summed E-state index contributed by atoms with van der Waals surface area (Å²) >= 11 is 0. The van der Waals surface area contributed by atoms with E-state index < -0.39 is 6.04 Å². The molecule has 0 aliphatic carbocycles. The summed E-state index contributed by atoms with van der Waals surface area (Å²) in [6, 6.07) is 7.23. The second-order valence-corrected chi connectivity index (χ2v) is 10.1. The number of rotatable bonds is 5. The third kappa shape index (κ3) is 4.93. The molecule has 0 saturated carbocycles. The molecular formula is C26H35N5O2. The lowest BCUT2D eigenvalue weighted by molar-refractivity contribution is -0.136. The number of likely N-dealkylation sites (N-methyl/N-ethyl adjacent to an activating group) is 1. The van der Waals surface area contributed by atoms with E-state index in [1.807, 2.05) is 50.2 Å². The second kappa shape index (κ2) is 9.59. The summed E-state index contributed by atoms with van der Waals surface area (Å²) in [6.07, 6.45) is 7.36. The van der Waals surface area contributed by atoms with Crippen LogP contribution in [-0.4, -0.2) is 70.9 Å². The first kappa shape index (κ1) is 23.4. The Kier molecular flexibility index (Phi) is 6.79. The van der Waals surface area contributed by atoms with E-state index in [2.05, 4.69) is 33.3 Å². The molecule has 2 amide bonds. The van der Waals surface area contributed by atoms with E-state index in [-0.39, 0.29) is 23.1 Å². The van der Waals surface area contributed by atoms with Gasteiger partial charge in [0.2, 0.25) is 5.91 Å². The van der Waals surface area contributed by atoms with Crippen molar-refractivity contribution in [1.29, 1.82) is 0 Å². The number of pyridine rings is 2. The molecule has 2 aliphatic heterocycles. The Labute approximate surface area is 196 Å². The highest BCUT2D eigenvalue weighted by Crippen LogP contribution is 2.49. The van der Waals surface area contributed by atoms with Crippen LogP contribution in [0.5, 0.6) is 0 Å². The molecule has 2 fully saturated rings. The minimum atomic E-state index is -0.561. The van der Waals surface area contributed by atoms with Crippen LogP contribution < -0.4 is 5.32 Å². The van der Waals surface area contributed by atoms with Gasteiger partial charge in [-0.1, -0.05) is 19.9 Å². The van der Waals surface area contributed by atoms with Crippen LogP contribution in [0, 0.1) is 18.3 Å². The van der Waals surface area contributed by atoms with Crippen molar-refractivity contribution >= 4 is 11.8 Å². The highest BCUT2D eigenvalue weighted by Gasteiger charge is 2.48. The molecular weight excluding hydrogens is 414 g/mol. The lowest BCUT2D eigenvalue weighted by Gasteiger charge is -2.44. The van der Waals surface area contributed by atoms with Crippen LogP contribution in [-0.2, 0) is 4.79 Å². The number of nitrogens with zero attached hydrogens (tertiary/aromatic N) is 4. The average Bonchev–Trinajstić information content (AvgIpc) is 3.13. The van der Waals surface area contributed by atoms with E-state index in [4.69, 9.17) is 0 Å². The molecule has 0 aromatic carbocycles. The van der Waals surface area contributed by atoms with Crippen LogP contribution in [0.25, 0.3) is 0 Å². The topological polar surface area (TPSA) is 78.4 Å². The van der Waals surface area contributed by atoms with Gasteiger partial charge in [-0.2, -0.15) is 0 Å². The molecule has 2 aliphatic rings. The van der Waals surface area contributed by atoms with Crippen molar-refractivity contribution < 1.29 is 9.59 Å². The van der Waals surface area contributed by atoms with Crippen LogP contribution in [0.3, 0.4) is 0 Å². The number of hydrogen-bond donors (Lipinski definition) is 1. The molecule has 1 unspecified atom stereocenters. The minimum Gasteiger partial charge on any atom is -0.341 e. The van der Waals surface area contributed by atoms with E-state index in [1.54, 1.807) is 12.3 Å². The first-order valence-electron chi connectivity index (χ1n) is 11.9. The van der Waals surface area contributed by atoms with Gasteiger partial charge in [0, 0.05) is 50.7 Å². The lowest BCUT2D eigenvalue weighted by atomic mass is 9.68.